The minimum absolute atomic E-state index is 1.37. The van der Waals surface area contributed by atoms with Crippen molar-refractivity contribution in [3.8, 4) is 0 Å². The Morgan fingerprint density at radius 3 is 1.02 bits per heavy atom. The third kappa shape index (κ3) is 5.85. The van der Waals surface area contributed by atoms with E-state index in [4.69, 9.17) is 0 Å². The van der Waals surface area contributed by atoms with E-state index >= 15 is 0 Å². The summed E-state index contributed by atoms with van der Waals surface area (Å²) in [7, 11) is 0. The van der Waals surface area contributed by atoms with E-state index in [0.29, 0.717) is 0 Å². The van der Waals surface area contributed by atoms with Crippen molar-refractivity contribution < 1.29 is 110 Å². The van der Waals surface area contributed by atoms with Gasteiger partial charge in [-0.2, -0.15) is 105 Å². The highest BCUT2D eigenvalue weighted by atomic mass is 35.5. The highest BCUT2D eigenvalue weighted by Crippen LogP contribution is 2.62. The molecule has 2 rings (SSSR count). The normalized spacial score (nSPS) is 16.0. The van der Waals surface area contributed by atoms with E-state index in [1.165, 1.54) is 0 Å². The van der Waals surface area contributed by atoms with E-state index in [0.717, 1.165) is 0 Å². The van der Waals surface area contributed by atoms with Crippen molar-refractivity contribution in [2.24, 2.45) is 0 Å². The first kappa shape index (κ1) is 43.8. The molecule has 0 amide bonds. The SMILES string of the molecule is O=c1oc2c(C(F)(F)C(F)(F)C(F)(F)C(F)(F)Cl)cc(C(F)(F)C(F)(F)C(F)(F)C(F)(F)Cl)cc2cc1C(F)(F)C(F)(F)C(F)(F)C(F)(F)Cl. The average molecular weight is 850 g/mol. The lowest BCUT2D eigenvalue weighted by Gasteiger charge is -2.36. The Hall–Kier alpha value is -2.38. The molecule has 2 aromatic rings. The smallest absolute Gasteiger partial charge is 0.393 e. The molecule has 1 heterocycles. The van der Waals surface area contributed by atoms with Crippen molar-refractivity contribution in [3.63, 3.8) is 0 Å². The average Bonchev–Trinajstić information content (AvgIpc) is 2.89. The molecular weight excluding hydrogens is 847 g/mol. The molecule has 0 saturated heterocycles. The largest absolute Gasteiger partial charge is 0.422 e. The van der Waals surface area contributed by atoms with Crippen LogP contribution in [0.5, 0.6) is 0 Å². The highest BCUT2D eigenvalue weighted by molar-refractivity contribution is 6.23. The van der Waals surface area contributed by atoms with Crippen LogP contribution in [0.3, 0.4) is 0 Å². The summed E-state index contributed by atoms with van der Waals surface area (Å²) in [6, 6.07) is -4.74. The molecule has 1 aromatic carbocycles. The molecule has 0 aliphatic carbocycles. The molecule has 0 fully saturated rings. The van der Waals surface area contributed by atoms with E-state index in [2.05, 4.69) is 39.2 Å². The van der Waals surface area contributed by atoms with Gasteiger partial charge in [-0.25, -0.2) is 4.79 Å². The predicted molar refractivity (Wildman–Crippen MR) is 116 cm³/mol. The Kier molecular flexibility index (Phi) is 10.1. The van der Waals surface area contributed by atoms with Gasteiger partial charge in [-0.3, -0.25) is 0 Å². The van der Waals surface area contributed by atoms with Crippen LogP contribution in [0.15, 0.2) is 27.4 Å². The van der Waals surface area contributed by atoms with Crippen LogP contribution in [0.2, 0.25) is 0 Å². The molecule has 1 aromatic heterocycles. The summed E-state index contributed by atoms with van der Waals surface area (Å²) in [5.74, 6) is -68.4. The van der Waals surface area contributed by atoms with Crippen LogP contribution in [-0.2, 0) is 17.8 Å². The lowest BCUT2D eigenvalue weighted by Crippen LogP contribution is -2.60. The highest BCUT2D eigenvalue weighted by Gasteiger charge is 2.84. The summed E-state index contributed by atoms with van der Waals surface area (Å²) in [5.41, 5.74) is -17.7. The van der Waals surface area contributed by atoms with Crippen LogP contribution in [-0.4, -0.2) is 51.7 Å². The van der Waals surface area contributed by atoms with Crippen molar-refractivity contribution in [2.45, 2.75) is 69.4 Å². The zero-order chi connectivity index (χ0) is 40.3. The number of hydrogen-bond acceptors (Lipinski definition) is 2. The van der Waals surface area contributed by atoms with Crippen LogP contribution in [0.1, 0.15) is 16.7 Å². The number of rotatable bonds is 12. The number of halogens is 27. The van der Waals surface area contributed by atoms with Gasteiger partial charge in [0.15, 0.2) is 0 Å². The summed E-state index contributed by atoms with van der Waals surface area (Å²) in [6.07, 6.45) is 0. The molecule has 0 aliphatic rings. The molecule has 50 heavy (non-hydrogen) atoms. The van der Waals surface area contributed by atoms with Gasteiger partial charge < -0.3 is 4.42 Å². The topological polar surface area (TPSA) is 30.2 Å². The van der Waals surface area contributed by atoms with Crippen molar-refractivity contribution in [1.29, 1.82) is 0 Å². The minimum atomic E-state index is -7.91. The Labute approximate surface area is 270 Å². The van der Waals surface area contributed by atoms with Gasteiger partial charge in [-0.1, -0.05) is 0 Å². The number of alkyl halides is 27. The van der Waals surface area contributed by atoms with E-state index in [9.17, 15) is 110 Å². The van der Waals surface area contributed by atoms with Gasteiger partial charge in [0, 0.05) is 10.9 Å². The van der Waals surface area contributed by atoms with Gasteiger partial charge in [0.1, 0.15) is 11.1 Å². The third-order valence-electron chi connectivity index (χ3n) is 6.31. The van der Waals surface area contributed by atoms with Gasteiger partial charge in [0.2, 0.25) is 0 Å². The van der Waals surface area contributed by atoms with E-state index in [-0.39, 0.29) is 0 Å². The second-order valence-electron chi connectivity index (χ2n) is 9.55. The molecule has 0 spiro atoms. The van der Waals surface area contributed by atoms with Gasteiger partial charge in [-0.05, 0) is 53.0 Å². The monoisotopic (exact) mass is 848 g/mol. The van der Waals surface area contributed by atoms with Gasteiger partial charge >= 0.3 is 75.1 Å². The minimum Gasteiger partial charge on any atom is -0.422 e. The molecule has 0 saturated carbocycles. The predicted octanol–water partition coefficient (Wildman–Crippen LogP) is 11.4. The maximum Gasteiger partial charge on any atom is 0.393 e. The molecular formula is C21H3Cl3F24O2. The molecule has 0 aliphatic heterocycles. The van der Waals surface area contributed by atoms with Gasteiger partial charge in [0.05, 0.1) is 5.56 Å². The lowest BCUT2D eigenvalue weighted by molar-refractivity contribution is -0.354. The number of benzene rings is 1. The summed E-state index contributed by atoms with van der Waals surface area (Å²) in [4.78, 5) is 12.0. The fraction of sp³-hybridized carbons (Fsp3) is 0.571. The number of hydrogen-bond donors (Lipinski definition) is 0. The fourth-order valence-electron chi connectivity index (χ4n) is 3.51. The molecule has 0 atom stereocenters. The molecule has 0 N–H and O–H groups in total. The van der Waals surface area contributed by atoms with Crippen LogP contribution in [0, 0.1) is 0 Å². The first-order valence-electron chi connectivity index (χ1n) is 11.2. The van der Waals surface area contributed by atoms with Crippen LogP contribution < -0.4 is 5.63 Å². The quantitative estimate of drug-likeness (QED) is 0.121. The van der Waals surface area contributed by atoms with Crippen LogP contribution >= 0.6 is 34.8 Å². The van der Waals surface area contributed by atoms with Gasteiger partial charge in [-0.15, -0.1) is 0 Å². The standard InChI is InChI=1S/C21H3Cl3F24O2/c22-19(43,44)16(37,38)13(31,32)10(25,26)5-1-4-2-7(12(29,30)15(35,36)18(41,42)21(24,47)48)9(49)50-8(4)6(3-5)11(27,28)14(33,34)17(39,40)20(23,45)46/h1-3H. The zero-order valence-electron chi connectivity index (χ0n) is 21.8. The Balaban J connectivity index is 3.28. The molecule has 0 radical (unpaired) electrons. The van der Waals surface area contributed by atoms with Crippen molar-refractivity contribution in [1.82, 2.24) is 0 Å². The Bertz CT molecular complexity index is 1680. The second-order valence-corrected chi connectivity index (χ2v) is 11.0. The maximum atomic E-state index is 14.9. The molecule has 29 heteroatoms. The van der Waals surface area contributed by atoms with Gasteiger partial charge in [0.25, 0.3) is 0 Å². The molecule has 0 unspecified atom stereocenters. The fourth-order valence-corrected chi connectivity index (χ4v) is 3.87. The lowest BCUT2D eigenvalue weighted by atomic mass is 9.89. The first-order chi connectivity index (χ1) is 21.5. The maximum absolute atomic E-state index is 14.9. The van der Waals surface area contributed by atoms with E-state index in [1.807, 2.05) is 0 Å². The van der Waals surface area contributed by atoms with Crippen molar-refractivity contribution >= 4 is 45.8 Å². The van der Waals surface area contributed by atoms with Crippen molar-refractivity contribution in [3.05, 3.63) is 45.3 Å². The summed E-state index contributed by atoms with van der Waals surface area (Å²) in [6.45, 7) is 0. The first-order valence-corrected chi connectivity index (χ1v) is 12.3. The van der Waals surface area contributed by atoms with E-state index in [1.54, 1.807) is 0 Å². The zero-order valence-corrected chi connectivity index (χ0v) is 24.0. The van der Waals surface area contributed by atoms with Crippen LogP contribution in [0.25, 0.3) is 11.0 Å². The molecule has 288 valence electrons. The second kappa shape index (κ2) is 11.6. The summed E-state index contributed by atoms with van der Waals surface area (Å²) < 4.78 is 337. The molecule has 2 nitrogen and oxygen atoms in total. The Morgan fingerprint density at radius 1 is 0.400 bits per heavy atom. The third-order valence-corrected chi connectivity index (χ3v) is 7.02. The Morgan fingerprint density at radius 2 is 0.700 bits per heavy atom. The molecule has 0 bridgehead atoms. The summed E-state index contributed by atoms with van der Waals surface area (Å²) >= 11 is 10.9. The summed E-state index contributed by atoms with van der Waals surface area (Å²) in [5, 5.41) is -23.2. The number of fused-ring (bicyclic) bond motifs is 1. The van der Waals surface area contributed by atoms with E-state index < -0.39 is 121 Å². The van der Waals surface area contributed by atoms with Crippen LogP contribution in [0.4, 0.5) is 105 Å². The van der Waals surface area contributed by atoms with Crippen molar-refractivity contribution in [2.75, 3.05) is 0 Å².